The molecule has 1 saturated heterocycles. The largest absolute Gasteiger partial charge is 0.331 e. The van der Waals surface area contributed by atoms with E-state index in [1.54, 1.807) is 0 Å². The van der Waals surface area contributed by atoms with E-state index in [1.165, 1.54) is 56.9 Å². The lowest BCUT2D eigenvalue weighted by molar-refractivity contribution is 0.107. The van der Waals surface area contributed by atoms with Gasteiger partial charge in [0.25, 0.3) is 0 Å². The van der Waals surface area contributed by atoms with Crippen LogP contribution in [0, 0.1) is 5.92 Å². The Kier molecular flexibility index (Phi) is 5.78. The lowest BCUT2D eigenvalue weighted by atomic mass is 9.92. The van der Waals surface area contributed by atoms with Gasteiger partial charge in [-0.2, -0.15) is 0 Å². The Morgan fingerprint density at radius 3 is 2.15 bits per heavy atom. The summed E-state index contributed by atoms with van der Waals surface area (Å²) in [6, 6.07) is 11.6. The van der Waals surface area contributed by atoms with Crippen LogP contribution in [-0.2, 0) is 0 Å². The zero-order chi connectivity index (χ0) is 17.8. The minimum absolute atomic E-state index is 0.136. The molecule has 1 N–H and O–H groups in total. The molecule has 4 rings (SSSR count). The Hall–Kier alpha value is -1.55. The van der Waals surface area contributed by atoms with Gasteiger partial charge in [0.2, 0.25) is 0 Å². The van der Waals surface area contributed by atoms with Gasteiger partial charge in [-0.05, 0) is 37.2 Å². The molecule has 1 heterocycles. The maximum atomic E-state index is 13.0. The SMILES string of the molecule is O=C(NC(c1ccccc1)C1CCCC1)N1CCN(C2CCCC2)CC1. The molecule has 1 aromatic carbocycles. The first kappa shape index (κ1) is 17.8. The molecule has 0 radical (unpaired) electrons. The van der Waals surface area contributed by atoms with Gasteiger partial charge < -0.3 is 10.2 Å². The summed E-state index contributed by atoms with van der Waals surface area (Å²) in [5.41, 5.74) is 1.26. The van der Waals surface area contributed by atoms with Gasteiger partial charge in [-0.15, -0.1) is 0 Å². The van der Waals surface area contributed by atoms with Gasteiger partial charge in [-0.3, -0.25) is 4.90 Å². The molecule has 1 atom stereocenters. The van der Waals surface area contributed by atoms with Crippen LogP contribution in [0.3, 0.4) is 0 Å². The van der Waals surface area contributed by atoms with Crippen LogP contribution in [-0.4, -0.2) is 48.1 Å². The van der Waals surface area contributed by atoms with Gasteiger partial charge in [-0.25, -0.2) is 4.79 Å². The summed E-state index contributed by atoms with van der Waals surface area (Å²) in [7, 11) is 0. The predicted molar refractivity (Wildman–Crippen MR) is 105 cm³/mol. The molecule has 4 nitrogen and oxygen atoms in total. The maximum absolute atomic E-state index is 13.0. The minimum atomic E-state index is 0.136. The molecule has 2 aliphatic carbocycles. The van der Waals surface area contributed by atoms with Crippen LogP contribution in [0.15, 0.2) is 30.3 Å². The third-order valence-corrected chi connectivity index (χ3v) is 6.75. The Morgan fingerprint density at radius 1 is 0.885 bits per heavy atom. The maximum Gasteiger partial charge on any atom is 0.317 e. The van der Waals surface area contributed by atoms with Crippen LogP contribution in [0.25, 0.3) is 0 Å². The Bertz CT molecular complexity index is 570. The molecule has 0 bridgehead atoms. The average molecular weight is 356 g/mol. The Morgan fingerprint density at radius 2 is 1.50 bits per heavy atom. The van der Waals surface area contributed by atoms with Crippen molar-refractivity contribution in [1.29, 1.82) is 0 Å². The highest BCUT2D eigenvalue weighted by Crippen LogP contribution is 2.35. The molecule has 1 aliphatic heterocycles. The van der Waals surface area contributed by atoms with E-state index in [4.69, 9.17) is 0 Å². The van der Waals surface area contributed by atoms with Gasteiger partial charge in [0.1, 0.15) is 0 Å². The second-order valence-electron chi connectivity index (χ2n) is 8.34. The number of hydrogen-bond acceptors (Lipinski definition) is 2. The van der Waals surface area contributed by atoms with Gasteiger partial charge in [0, 0.05) is 32.2 Å². The first-order valence-electron chi connectivity index (χ1n) is 10.7. The number of nitrogens with one attached hydrogen (secondary N) is 1. The summed E-state index contributed by atoms with van der Waals surface area (Å²) in [6.07, 6.45) is 10.5. The Labute approximate surface area is 157 Å². The Balaban J connectivity index is 1.36. The molecule has 0 aromatic heterocycles. The fourth-order valence-corrected chi connectivity index (χ4v) is 5.21. The van der Waals surface area contributed by atoms with Crippen LogP contribution >= 0.6 is 0 Å². The molecule has 26 heavy (non-hydrogen) atoms. The molecule has 0 spiro atoms. The van der Waals surface area contributed by atoms with E-state index in [-0.39, 0.29) is 12.1 Å². The molecule has 1 aromatic rings. The number of nitrogens with zero attached hydrogens (tertiary/aromatic N) is 2. The van der Waals surface area contributed by atoms with Crippen LogP contribution in [0.4, 0.5) is 4.79 Å². The van der Waals surface area contributed by atoms with Gasteiger partial charge in [-0.1, -0.05) is 56.0 Å². The normalized spacial score (nSPS) is 24.1. The minimum Gasteiger partial charge on any atom is -0.331 e. The van der Waals surface area contributed by atoms with E-state index in [2.05, 4.69) is 40.5 Å². The molecular formula is C22H33N3O. The summed E-state index contributed by atoms with van der Waals surface area (Å²) in [5, 5.41) is 3.40. The van der Waals surface area contributed by atoms with E-state index >= 15 is 0 Å². The van der Waals surface area contributed by atoms with Gasteiger partial charge in [0.05, 0.1) is 6.04 Å². The fourth-order valence-electron chi connectivity index (χ4n) is 5.21. The molecule has 4 heteroatoms. The third kappa shape index (κ3) is 4.06. The van der Waals surface area contributed by atoms with Crippen molar-refractivity contribution in [2.75, 3.05) is 26.2 Å². The van der Waals surface area contributed by atoms with E-state index in [9.17, 15) is 4.79 Å². The van der Waals surface area contributed by atoms with E-state index < -0.39 is 0 Å². The number of carbonyl (C=O) groups excluding carboxylic acids is 1. The predicted octanol–water partition coefficient (Wildman–Crippen LogP) is 4.19. The van der Waals surface area contributed by atoms with E-state index in [0.717, 1.165) is 32.2 Å². The van der Waals surface area contributed by atoms with E-state index in [1.807, 2.05) is 4.90 Å². The first-order chi connectivity index (χ1) is 12.8. The topological polar surface area (TPSA) is 35.6 Å². The van der Waals surface area contributed by atoms with Crippen molar-refractivity contribution in [1.82, 2.24) is 15.1 Å². The van der Waals surface area contributed by atoms with Crippen molar-refractivity contribution in [3.8, 4) is 0 Å². The van der Waals surface area contributed by atoms with Crippen molar-refractivity contribution in [3.05, 3.63) is 35.9 Å². The first-order valence-corrected chi connectivity index (χ1v) is 10.7. The highest BCUT2D eigenvalue weighted by atomic mass is 16.2. The zero-order valence-corrected chi connectivity index (χ0v) is 15.9. The van der Waals surface area contributed by atoms with Crippen molar-refractivity contribution >= 4 is 6.03 Å². The number of carbonyl (C=O) groups is 1. The second-order valence-corrected chi connectivity index (χ2v) is 8.34. The van der Waals surface area contributed by atoms with Gasteiger partial charge in [0.15, 0.2) is 0 Å². The highest BCUT2D eigenvalue weighted by Gasteiger charge is 2.31. The lowest BCUT2D eigenvalue weighted by Crippen LogP contribution is -2.54. The second kappa shape index (κ2) is 8.43. The summed E-state index contributed by atoms with van der Waals surface area (Å²) in [5.74, 6) is 0.584. The standard InChI is InChI=1S/C22H33N3O/c26-22(25-16-14-24(15-17-25)20-12-6-7-13-20)23-21(19-10-4-5-11-19)18-8-2-1-3-9-18/h1-3,8-9,19-21H,4-7,10-17H2,(H,23,26). The lowest BCUT2D eigenvalue weighted by Gasteiger charge is -2.39. The van der Waals surface area contributed by atoms with Crippen molar-refractivity contribution in [2.24, 2.45) is 5.92 Å². The van der Waals surface area contributed by atoms with E-state index in [0.29, 0.717) is 5.92 Å². The van der Waals surface area contributed by atoms with Crippen molar-refractivity contribution in [3.63, 3.8) is 0 Å². The fraction of sp³-hybridized carbons (Fsp3) is 0.682. The molecule has 1 unspecified atom stereocenters. The summed E-state index contributed by atoms with van der Waals surface area (Å²) < 4.78 is 0. The molecular weight excluding hydrogens is 322 g/mol. The third-order valence-electron chi connectivity index (χ3n) is 6.75. The number of hydrogen-bond donors (Lipinski definition) is 1. The highest BCUT2D eigenvalue weighted by molar-refractivity contribution is 5.75. The quantitative estimate of drug-likeness (QED) is 0.879. The number of rotatable bonds is 4. The number of amides is 2. The molecule has 2 amide bonds. The molecule has 3 aliphatic rings. The average Bonchev–Trinajstić information content (AvgIpc) is 3.41. The number of urea groups is 1. The number of benzene rings is 1. The monoisotopic (exact) mass is 355 g/mol. The molecule has 3 fully saturated rings. The summed E-state index contributed by atoms with van der Waals surface area (Å²) in [4.78, 5) is 17.6. The van der Waals surface area contributed by atoms with Crippen LogP contribution < -0.4 is 5.32 Å². The van der Waals surface area contributed by atoms with Gasteiger partial charge >= 0.3 is 6.03 Å². The molecule has 142 valence electrons. The molecule has 2 saturated carbocycles. The smallest absolute Gasteiger partial charge is 0.317 e. The van der Waals surface area contributed by atoms with Crippen LogP contribution in [0.1, 0.15) is 63.0 Å². The number of piperazine rings is 1. The summed E-state index contributed by atoms with van der Waals surface area (Å²) >= 11 is 0. The van der Waals surface area contributed by atoms with Crippen molar-refractivity contribution in [2.45, 2.75) is 63.5 Å². The van der Waals surface area contributed by atoms with Crippen LogP contribution in [0.5, 0.6) is 0 Å². The summed E-state index contributed by atoms with van der Waals surface area (Å²) in [6.45, 7) is 3.82. The zero-order valence-electron chi connectivity index (χ0n) is 15.9. The van der Waals surface area contributed by atoms with Crippen LogP contribution in [0.2, 0.25) is 0 Å². The van der Waals surface area contributed by atoms with Crippen molar-refractivity contribution < 1.29 is 4.79 Å².